The molecule has 0 saturated carbocycles. The van der Waals surface area contributed by atoms with Gasteiger partial charge in [0.1, 0.15) is 11.3 Å². The Labute approximate surface area is 256 Å². The van der Waals surface area contributed by atoms with E-state index in [1.807, 2.05) is 48.5 Å². The quantitative estimate of drug-likeness (QED) is 0.216. The summed E-state index contributed by atoms with van der Waals surface area (Å²) in [5, 5.41) is 15.6. The van der Waals surface area contributed by atoms with Crippen LogP contribution in [-0.4, -0.2) is 58.5 Å². The van der Waals surface area contributed by atoms with Gasteiger partial charge in [-0.15, -0.1) is 0 Å². The van der Waals surface area contributed by atoms with E-state index in [0.29, 0.717) is 36.2 Å². The van der Waals surface area contributed by atoms with Gasteiger partial charge in [0, 0.05) is 52.3 Å². The number of hydrogen-bond donors (Lipinski definition) is 1. The third-order valence-corrected chi connectivity index (χ3v) is 7.61. The van der Waals surface area contributed by atoms with Gasteiger partial charge in [-0.05, 0) is 78.2 Å². The SMILES string of the molecule is CC(C)(C)OC(=O)Nc1c(Br)cc(C(=O)N2CCN(C(c3ccc(Cl)cc3)c3ccc(Cl)cc3)CC2)cc1[N+](=O)[O-]. The van der Waals surface area contributed by atoms with E-state index in [4.69, 9.17) is 27.9 Å². The number of nitrogens with one attached hydrogen (secondary N) is 1. The molecule has 0 spiro atoms. The maximum absolute atomic E-state index is 13.5. The van der Waals surface area contributed by atoms with Crippen LogP contribution in [0, 0.1) is 10.1 Å². The molecule has 0 aromatic heterocycles. The maximum Gasteiger partial charge on any atom is 0.412 e. The molecule has 1 fully saturated rings. The molecule has 3 aromatic carbocycles. The van der Waals surface area contributed by atoms with Gasteiger partial charge in [-0.3, -0.25) is 25.1 Å². The van der Waals surface area contributed by atoms with E-state index >= 15 is 0 Å². The molecular weight excluding hydrogens is 635 g/mol. The Morgan fingerprint density at radius 2 is 1.46 bits per heavy atom. The van der Waals surface area contributed by atoms with Crippen molar-refractivity contribution in [2.24, 2.45) is 0 Å². The summed E-state index contributed by atoms with van der Waals surface area (Å²) in [7, 11) is 0. The molecule has 0 bridgehead atoms. The molecule has 12 heteroatoms. The highest BCUT2D eigenvalue weighted by molar-refractivity contribution is 9.10. The van der Waals surface area contributed by atoms with Crippen molar-refractivity contribution >= 4 is 62.5 Å². The van der Waals surface area contributed by atoms with Crippen molar-refractivity contribution in [3.63, 3.8) is 0 Å². The second kappa shape index (κ2) is 12.8. The highest BCUT2D eigenvalue weighted by atomic mass is 79.9. The predicted molar refractivity (Wildman–Crippen MR) is 163 cm³/mol. The second-order valence-electron chi connectivity index (χ2n) is 10.6. The number of carbonyl (C=O) groups excluding carboxylic acids is 2. The van der Waals surface area contributed by atoms with E-state index in [-0.39, 0.29) is 27.7 Å². The fourth-order valence-corrected chi connectivity index (χ4v) is 5.46. The van der Waals surface area contributed by atoms with Crippen LogP contribution in [0.2, 0.25) is 10.0 Å². The lowest BCUT2D eigenvalue weighted by Crippen LogP contribution is -2.49. The molecule has 2 amide bonds. The van der Waals surface area contributed by atoms with Crippen molar-refractivity contribution in [2.75, 3.05) is 31.5 Å². The molecule has 1 N–H and O–H groups in total. The lowest BCUT2D eigenvalue weighted by Gasteiger charge is -2.40. The summed E-state index contributed by atoms with van der Waals surface area (Å²) in [6.07, 6.45) is -0.840. The Morgan fingerprint density at radius 3 is 1.93 bits per heavy atom. The minimum absolute atomic E-state index is 0.0739. The molecule has 1 aliphatic rings. The van der Waals surface area contributed by atoms with Gasteiger partial charge in [0.2, 0.25) is 0 Å². The lowest BCUT2D eigenvalue weighted by molar-refractivity contribution is -0.384. The zero-order valence-electron chi connectivity index (χ0n) is 22.7. The zero-order chi connectivity index (χ0) is 29.9. The molecule has 1 aliphatic heterocycles. The lowest BCUT2D eigenvalue weighted by atomic mass is 9.96. The number of carbonyl (C=O) groups is 2. The van der Waals surface area contributed by atoms with E-state index in [9.17, 15) is 19.7 Å². The van der Waals surface area contributed by atoms with Crippen LogP contribution in [0.15, 0.2) is 65.1 Å². The Morgan fingerprint density at radius 1 is 0.951 bits per heavy atom. The molecule has 216 valence electrons. The van der Waals surface area contributed by atoms with Gasteiger partial charge >= 0.3 is 6.09 Å². The molecule has 3 aromatic rings. The third-order valence-electron chi connectivity index (χ3n) is 6.48. The van der Waals surface area contributed by atoms with Gasteiger partial charge in [0.15, 0.2) is 0 Å². The van der Waals surface area contributed by atoms with E-state index in [1.54, 1.807) is 25.7 Å². The molecule has 1 saturated heterocycles. The first-order valence-corrected chi connectivity index (χ1v) is 14.4. The molecular formula is C29H29BrCl2N4O5. The van der Waals surface area contributed by atoms with Gasteiger partial charge in [0.25, 0.3) is 11.6 Å². The standard InChI is InChI=1S/C29H29BrCl2N4O5/c1-29(2,3)41-28(38)33-25-23(30)16-20(17-24(25)36(39)40)27(37)35-14-12-34(13-15-35)26(18-4-8-21(31)9-5-18)19-6-10-22(32)11-7-19/h4-11,16-17,26H,12-15H2,1-3H3,(H,33,38). The zero-order valence-corrected chi connectivity index (χ0v) is 25.8. The minimum atomic E-state index is -0.840. The second-order valence-corrected chi connectivity index (χ2v) is 12.3. The predicted octanol–water partition coefficient (Wildman–Crippen LogP) is 7.56. The van der Waals surface area contributed by atoms with Crippen molar-refractivity contribution in [3.8, 4) is 0 Å². The molecule has 0 atom stereocenters. The van der Waals surface area contributed by atoms with E-state index in [1.165, 1.54) is 12.1 Å². The molecule has 0 aliphatic carbocycles. The Balaban J connectivity index is 1.53. The van der Waals surface area contributed by atoms with E-state index in [2.05, 4.69) is 26.1 Å². The first-order chi connectivity index (χ1) is 19.3. The first kappa shape index (κ1) is 30.8. The van der Waals surface area contributed by atoms with Crippen LogP contribution in [0.5, 0.6) is 0 Å². The van der Waals surface area contributed by atoms with Gasteiger partial charge in [0.05, 0.1) is 11.0 Å². The monoisotopic (exact) mass is 662 g/mol. The van der Waals surface area contributed by atoms with Gasteiger partial charge in [-0.2, -0.15) is 0 Å². The van der Waals surface area contributed by atoms with Crippen LogP contribution in [-0.2, 0) is 4.74 Å². The van der Waals surface area contributed by atoms with Crippen molar-refractivity contribution < 1.29 is 19.2 Å². The summed E-state index contributed by atoms with van der Waals surface area (Å²) in [6, 6.07) is 17.9. The number of ether oxygens (including phenoxy) is 1. The van der Waals surface area contributed by atoms with Crippen molar-refractivity contribution in [1.82, 2.24) is 9.80 Å². The Bertz CT molecular complexity index is 1390. The van der Waals surface area contributed by atoms with Gasteiger partial charge < -0.3 is 9.64 Å². The Hall–Kier alpha value is -3.18. The molecule has 4 rings (SSSR count). The van der Waals surface area contributed by atoms with Crippen LogP contribution < -0.4 is 5.32 Å². The normalized spacial score (nSPS) is 14.2. The van der Waals surface area contributed by atoms with Gasteiger partial charge in [-0.25, -0.2) is 4.79 Å². The molecule has 0 unspecified atom stereocenters. The number of nitro groups is 1. The van der Waals surface area contributed by atoms with E-state index < -0.39 is 22.3 Å². The van der Waals surface area contributed by atoms with E-state index in [0.717, 1.165) is 11.1 Å². The number of piperazine rings is 1. The fourth-order valence-electron chi connectivity index (χ4n) is 4.66. The fraction of sp³-hybridized carbons (Fsp3) is 0.310. The minimum Gasteiger partial charge on any atom is -0.444 e. The molecule has 0 radical (unpaired) electrons. The number of hydrogen-bond acceptors (Lipinski definition) is 6. The van der Waals surface area contributed by atoms with Crippen LogP contribution in [0.3, 0.4) is 0 Å². The van der Waals surface area contributed by atoms with Gasteiger partial charge in [-0.1, -0.05) is 47.5 Å². The van der Waals surface area contributed by atoms with Crippen LogP contribution in [0.1, 0.15) is 48.3 Å². The van der Waals surface area contributed by atoms with Crippen LogP contribution in [0.25, 0.3) is 0 Å². The average Bonchev–Trinajstić information content (AvgIpc) is 2.91. The average molecular weight is 664 g/mol. The number of nitrogens with zero attached hydrogens (tertiary/aromatic N) is 3. The number of benzene rings is 3. The topological polar surface area (TPSA) is 105 Å². The number of amides is 2. The Kier molecular flexibility index (Phi) is 9.59. The van der Waals surface area contributed by atoms with Crippen LogP contribution >= 0.6 is 39.1 Å². The summed E-state index contributed by atoms with van der Waals surface area (Å²) in [4.78, 5) is 40.9. The molecule has 9 nitrogen and oxygen atoms in total. The summed E-state index contributed by atoms with van der Waals surface area (Å²) < 4.78 is 5.42. The third kappa shape index (κ3) is 7.77. The van der Waals surface area contributed by atoms with Crippen LogP contribution in [0.4, 0.5) is 16.2 Å². The maximum atomic E-state index is 13.5. The largest absolute Gasteiger partial charge is 0.444 e. The molecule has 41 heavy (non-hydrogen) atoms. The summed E-state index contributed by atoms with van der Waals surface area (Å²) >= 11 is 15.6. The highest BCUT2D eigenvalue weighted by Crippen LogP contribution is 2.36. The highest BCUT2D eigenvalue weighted by Gasteiger charge is 2.31. The number of anilines is 1. The molecule has 1 heterocycles. The summed E-state index contributed by atoms with van der Waals surface area (Å²) in [5.74, 6) is -0.341. The first-order valence-electron chi connectivity index (χ1n) is 12.8. The number of nitro benzene ring substituents is 1. The number of halogens is 3. The smallest absolute Gasteiger partial charge is 0.412 e. The van der Waals surface area contributed by atoms with Crippen molar-refractivity contribution in [1.29, 1.82) is 0 Å². The van der Waals surface area contributed by atoms with Crippen molar-refractivity contribution in [3.05, 3.63) is 102 Å². The summed E-state index contributed by atoms with van der Waals surface area (Å²) in [6.45, 7) is 7.03. The van der Waals surface area contributed by atoms with Crippen molar-refractivity contribution in [2.45, 2.75) is 32.4 Å². The number of rotatable bonds is 6. The summed E-state index contributed by atoms with van der Waals surface area (Å²) in [5.41, 5.74) is 0.966.